The maximum Gasteiger partial charge on any atom is 0.282 e. The Morgan fingerprint density at radius 1 is 1.43 bits per heavy atom. The highest BCUT2D eigenvalue weighted by Gasteiger charge is 2.20. The van der Waals surface area contributed by atoms with Crippen LogP contribution in [0.15, 0.2) is 34.1 Å². The molecule has 0 aliphatic rings. The summed E-state index contributed by atoms with van der Waals surface area (Å²) in [5.41, 5.74) is 0.478. The van der Waals surface area contributed by atoms with E-state index in [1.165, 1.54) is 23.5 Å². The molecular formula is C13H12BrN3O3S. The number of hydrogen-bond acceptors (Lipinski definition) is 5. The number of nitro benzene ring substituents is 1. The molecule has 0 fully saturated rings. The van der Waals surface area contributed by atoms with Gasteiger partial charge in [-0.1, -0.05) is 0 Å². The van der Waals surface area contributed by atoms with Gasteiger partial charge < -0.3 is 10.6 Å². The number of nitrogens with one attached hydrogen (secondary N) is 2. The molecule has 0 saturated heterocycles. The molecule has 1 amide bonds. The minimum atomic E-state index is -0.559. The van der Waals surface area contributed by atoms with Crippen molar-refractivity contribution in [1.29, 1.82) is 0 Å². The van der Waals surface area contributed by atoms with Crippen molar-refractivity contribution in [2.45, 2.75) is 6.54 Å². The van der Waals surface area contributed by atoms with E-state index in [-0.39, 0.29) is 11.3 Å². The lowest BCUT2D eigenvalue weighted by molar-refractivity contribution is -0.385. The lowest BCUT2D eigenvalue weighted by atomic mass is 10.1. The van der Waals surface area contributed by atoms with Crippen LogP contribution in [-0.4, -0.2) is 17.9 Å². The largest absolute Gasteiger partial charge is 0.388 e. The van der Waals surface area contributed by atoms with E-state index in [0.29, 0.717) is 12.2 Å². The molecule has 8 heteroatoms. The van der Waals surface area contributed by atoms with Gasteiger partial charge >= 0.3 is 0 Å². The minimum absolute atomic E-state index is 0.0440. The summed E-state index contributed by atoms with van der Waals surface area (Å²) in [5.74, 6) is -0.469. The number of anilines is 1. The molecule has 0 spiro atoms. The monoisotopic (exact) mass is 369 g/mol. The van der Waals surface area contributed by atoms with Crippen molar-refractivity contribution in [2.24, 2.45) is 0 Å². The molecule has 21 heavy (non-hydrogen) atoms. The van der Waals surface area contributed by atoms with Crippen LogP contribution in [0.2, 0.25) is 0 Å². The number of nitro groups is 1. The molecule has 0 aliphatic heterocycles. The van der Waals surface area contributed by atoms with E-state index in [0.717, 1.165) is 9.35 Å². The standard InChI is InChI=1S/C13H12BrN3O3S/c1-15-9-2-3-12(17(19)20)11(5-9)13(18)16-6-10-4-8(14)7-21-10/h2-5,7,15H,6H2,1H3,(H,16,18). The first-order chi connectivity index (χ1) is 10.0. The van der Waals surface area contributed by atoms with Crippen LogP contribution in [-0.2, 0) is 6.54 Å². The summed E-state index contributed by atoms with van der Waals surface area (Å²) in [4.78, 5) is 23.6. The van der Waals surface area contributed by atoms with Gasteiger partial charge in [-0.25, -0.2) is 0 Å². The van der Waals surface area contributed by atoms with Gasteiger partial charge in [0.1, 0.15) is 5.56 Å². The van der Waals surface area contributed by atoms with Crippen molar-refractivity contribution in [1.82, 2.24) is 5.32 Å². The van der Waals surface area contributed by atoms with E-state index in [1.807, 2.05) is 11.4 Å². The van der Waals surface area contributed by atoms with Crippen LogP contribution in [0.3, 0.4) is 0 Å². The first-order valence-corrected chi connectivity index (χ1v) is 7.66. The number of benzene rings is 1. The van der Waals surface area contributed by atoms with Gasteiger partial charge in [-0.05, 0) is 34.1 Å². The Morgan fingerprint density at radius 2 is 2.19 bits per heavy atom. The molecule has 1 heterocycles. The topological polar surface area (TPSA) is 84.3 Å². The van der Waals surface area contributed by atoms with Crippen LogP contribution in [0.5, 0.6) is 0 Å². The predicted molar refractivity (Wildman–Crippen MR) is 85.8 cm³/mol. The Kier molecular flexibility index (Phi) is 4.92. The van der Waals surface area contributed by atoms with E-state index >= 15 is 0 Å². The average molecular weight is 370 g/mol. The average Bonchev–Trinajstić information content (AvgIpc) is 2.89. The third-order valence-electron chi connectivity index (χ3n) is 2.77. The van der Waals surface area contributed by atoms with Crippen LogP contribution < -0.4 is 10.6 Å². The first kappa shape index (κ1) is 15.5. The molecule has 0 saturated carbocycles. The molecule has 0 unspecified atom stereocenters. The third-order valence-corrected chi connectivity index (χ3v) is 4.47. The molecular weight excluding hydrogens is 358 g/mol. The SMILES string of the molecule is CNc1ccc([N+](=O)[O-])c(C(=O)NCc2cc(Br)cs2)c1. The summed E-state index contributed by atoms with van der Waals surface area (Å²) >= 11 is 4.83. The molecule has 0 aliphatic carbocycles. The summed E-state index contributed by atoms with van der Waals surface area (Å²) in [6, 6.07) is 6.24. The number of carbonyl (C=O) groups excluding carboxylic acids is 1. The molecule has 0 bridgehead atoms. The first-order valence-electron chi connectivity index (χ1n) is 5.98. The zero-order chi connectivity index (χ0) is 15.4. The van der Waals surface area contributed by atoms with Crippen LogP contribution in [0.25, 0.3) is 0 Å². The number of nitrogens with zero attached hydrogens (tertiary/aromatic N) is 1. The fourth-order valence-corrected chi connectivity index (χ4v) is 3.13. The van der Waals surface area contributed by atoms with E-state index in [1.54, 1.807) is 13.1 Å². The molecule has 2 rings (SSSR count). The van der Waals surface area contributed by atoms with Crippen molar-refractivity contribution in [3.8, 4) is 0 Å². The summed E-state index contributed by atoms with van der Waals surface area (Å²) in [7, 11) is 1.69. The van der Waals surface area contributed by atoms with Gasteiger partial charge in [0.2, 0.25) is 0 Å². The Labute approximate surface area is 133 Å². The zero-order valence-corrected chi connectivity index (χ0v) is 13.5. The van der Waals surface area contributed by atoms with Crippen LogP contribution >= 0.6 is 27.3 Å². The zero-order valence-electron chi connectivity index (χ0n) is 11.1. The van der Waals surface area contributed by atoms with Crippen LogP contribution in [0.1, 0.15) is 15.2 Å². The van der Waals surface area contributed by atoms with E-state index < -0.39 is 10.8 Å². The van der Waals surface area contributed by atoms with E-state index in [2.05, 4.69) is 26.6 Å². The Hall–Kier alpha value is -1.93. The number of amides is 1. The lowest BCUT2D eigenvalue weighted by Crippen LogP contribution is -2.23. The van der Waals surface area contributed by atoms with E-state index in [4.69, 9.17) is 0 Å². The summed E-state index contributed by atoms with van der Waals surface area (Å²) in [6.45, 7) is 0.329. The molecule has 1 aromatic heterocycles. The molecule has 2 aromatic rings. The molecule has 0 radical (unpaired) electrons. The predicted octanol–water partition coefficient (Wildman–Crippen LogP) is 3.39. The second-order valence-corrected chi connectivity index (χ2v) is 6.06. The van der Waals surface area contributed by atoms with Crippen molar-refractivity contribution in [3.05, 3.63) is 54.7 Å². The fraction of sp³-hybridized carbons (Fsp3) is 0.154. The molecule has 2 N–H and O–H groups in total. The number of carbonyl (C=O) groups is 1. The number of halogens is 1. The summed E-state index contributed by atoms with van der Waals surface area (Å²) in [5, 5.41) is 18.5. The summed E-state index contributed by atoms with van der Waals surface area (Å²) in [6.07, 6.45) is 0. The van der Waals surface area contributed by atoms with Crippen LogP contribution in [0.4, 0.5) is 11.4 Å². The second kappa shape index (κ2) is 6.68. The van der Waals surface area contributed by atoms with Gasteiger partial charge in [-0.15, -0.1) is 11.3 Å². The summed E-state index contributed by atoms with van der Waals surface area (Å²) < 4.78 is 0.944. The minimum Gasteiger partial charge on any atom is -0.388 e. The number of rotatable bonds is 5. The highest BCUT2D eigenvalue weighted by atomic mass is 79.9. The maximum atomic E-state index is 12.2. The van der Waals surface area contributed by atoms with Crippen LogP contribution in [0, 0.1) is 10.1 Å². The van der Waals surface area contributed by atoms with Crippen molar-refractivity contribution in [3.63, 3.8) is 0 Å². The fourth-order valence-electron chi connectivity index (χ4n) is 1.74. The normalized spacial score (nSPS) is 10.2. The van der Waals surface area contributed by atoms with Crippen molar-refractivity contribution in [2.75, 3.05) is 12.4 Å². The lowest BCUT2D eigenvalue weighted by Gasteiger charge is -2.07. The highest BCUT2D eigenvalue weighted by molar-refractivity contribution is 9.10. The van der Waals surface area contributed by atoms with E-state index in [9.17, 15) is 14.9 Å². The van der Waals surface area contributed by atoms with Crippen molar-refractivity contribution < 1.29 is 9.72 Å². The maximum absolute atomic E-state index is 12.2. The second-order valence-electron chi connectivity index (χ2n) is 4.15. The van der Waals surface area contributed by atoms with Gasteiger partial charge in [0.25, 0.3) is 11.6 Å². The molecule has 110 valence electrons. The quantitative estimate of drug-likeness (QED) is 0.624. The van der Waals surface area contributed by atoms with Gasteiger partial charge in [0.15, 0.2) is 0 Å². The van der Waals surface area contributed by atoms with Crippen molar-refractivity contribution >= 4 is 44.5 Å². The Morgan fingerprint density at radius 3 is 2.76 bits per heavy atom. The third kappa shape index (κ3) is 3.79. The van der Waals surface area contributed by atoms with Gasteiger partial charge in [0, 0.05) is 33.5 Å². The number of hydrogen-bond donors (Lipinski definition) is 2. The molecule has 6 nitrogen and oxygen atoms in total. The number of thiophene rings is 1. The highest BCUT2D eigenvalue weighted by Crippen LogP contribution is 2.23. The van der Waals surface area contributed by atoms with Gasteiger partial charge in [-0.3, -0.25) is 14.9 Å². The smallest absolute Gasteiger partial charge is 0.282 e. The molecule has 0 atom stereocenters. The van der Waals surface area contributed by atoms with Gasteiger partial charge in [0.05, 0.1) is 11.5 Å². The Bertz CT molecular complexity index is 687. The molecule has 1 aromatic carbocycles. The Balaban J connectivity index is 2.19. The van der Waals surface area contributed by atoms with Gasteiger partial charge in [-0.2, -0.15) is 0 Å².